The molecule has 0 aliphatic rings. The van der Waals surface area contributed by atoms with Crippen molar-refractivity contribution in [2.75, 3.05) is 12.4 Å². The summed E-state index contributed by atoms with van der Waals surface area (Å²) in [5.41, 5.74) is -0.591. The lowest BCUT2D eigenvalue weighted by Gasteiger charge is -2.13. The molecule has 0 saturated heterocycles. The minimum Gasteiger partial charge on any atom is -0.619 e. The Kier molecular flexibility index (Phi) is 4.37. The van der Waals surface area contributed by atoms with Gasteiger partial charge in [0.05, 0.1) is 18.4 Å². The van der Waals surface area contributed by atoms with E-state index in [-0.39, 0.29) is 22.5 Å². The van der Waals surface area contributed by atoms with Crippen molar-refractivity contribution in [3.63, 3.8) is 0 Å². The number of carbonyl (C=O) groups is 1. The molecule has 0 aliphatic heterocycles. The molecule has 1 N–H and O–H groups in total. The third-order valence-electron chi connectivity index (χ3n) is 3.64. The molecule has 1 amide bonds. The topological polar surface area (TPSA) is 78.2 Å². The number of pyridine rings is 2. The SMILES string of the molecule is COc1ccc(NC(=O)c2cc[n+]([O-])cc2)c2ccc(C(F)(F)F)nc12. The highest BCUT2D eigenvalue weighted by Crippen LogP contribution is 2.34. The van der Waals surface area contributed by atoms with E-state index in [0.29, 0.717) is 10.1 Å². The van der Waals surface area contributed by atoms with E-state index >= 15 is 0 Å². The van der Waals surface area contributed by atoms with Gasteiger partial charge in [0, 0.05) is 17.5 Å². The van der Waals surface area contributed by atoms with E-state index in [9.17, 15) is 23.2 Å². The fourth-order valence-electron chi connectivity index (χ4n) is 2.38. The van der Waals surface area contributed by atoms with Crippen LogP contribution in [0.5, 0.6) is 5.75 Å². The molecule has 0 aliphatic carbocycles. The standard InChI is InChI=1S/C17H12F3N3O3/c1-26-13-4-3-12(21-16(24)10-6-8-23(25)9-7-10)11-2-5-14(17(18,19)20)22-15(11)13/h2-9H,1H3,(H,21,24). The van der Waals surface area contributed by atoms with E-state index in [2.05, 4.69) is 10.3 Å². The molecule has 3 aromatic rings. The fraction of sp³-hybridized carbons (Fsp3) is 0.118. The quantitative estimate of drug-likeness (QED) is 0.573. The predicted molar refractivity (Wildman–Crippen MR) is 86.7 cm³/mol. The first-order valence-electron chi connectivity index (χ1n) is 7.35. The number of fused-ring (bicyclic) bond motifs is 1. The van der Waals surface area contributed by atoms with E-state index in [1.807, 2.05) is 0 Å². The van der Waals surface area contributed by atoms with Crippen molar-refractivity contribution in [2.24, 2.45) is 0 Å². The summed E-state index contributed by atoms with van der Waals surface area (Å²) in [6, 6.07) is 7.63. The largest absolute Gasteiger partial charge is 0.619 e. The zero-order valence-electron chi connectivity index (χ0n) is 13.4. The predicted octanol–water partition coefficient (Wildman–Crippen LogP) is 3.15. The summed E-state index contributed by atoms with van der Waals surface area (Å²) in [6.45, 7) is 0. The number of hydrogen-bond acceptors (Lipinski definition) is 4. The summed E-state index contributed by atoms with van der Waals surface area (Å²) in [5, 5.41) is 13.9. The lowest BCUT2D eigenvalue weighted by Crippen LogP contribution is -2.25. The van der Waals surface area contributed by atoms with Crippen molar-refractivity contribution in [1.29, 1.82) is 0 Å². The molecule has 0 unspecified atom stereocenters. The van der Waals surface area contributed by atoms with Gasteiger partial charge in [-0.3, -0.25) is 4.79 Å². The molecule has 134 valence electrons. The van der Waals surface area contributed by atoms with Crippen LogP contribution in [0.2, 0.25) is 0 Å². The summed E-state index contributed by atoms with van der Waals surface area (Å²) >= 11 is 0. The Balaban J connectivity index is 2.03. The second kappa shape index (κ2) is 6.51. The molecule has 6 nitrogen and oxygen atoms in total. The highest BCUT2D eigenvalue weighted by Gasteiger charge is 2.33. The van der Waals surface area contributed by atoms with Gasteiger partial charge in [0.15, 0.2) is 12.4 Å². The van der Waals surface area contributed by atoms with Crippen molar-refractivity contribution < 1.29 is 27.4 Å². The smallest absolute Gasteiger partial charge is 0.433 e. The maximum absolute atomic E-state index is 12.9. The maximum atomic E-state index is 12.9. The first-order chi connectivity index (χ1) is 12.3. The number of benzene rings is 1. The van der Waals surface area contributed by atoms with Crippen molar-refractivity contribution in [1.82, 2.24) is 4.98 Å². The van der Waals surface area contributed by atoms with Crippen LogP contribution < -0.4 is 14.8 Å². The number of nitrogens with zero attached hydrogens (tertiary/aromatic N) is 2. The first kappa shape index (κ1) is 17.5. The summed E-state index contributed by atoms with van der Waals surface area (Å²) < 4.78 is 44.3. The minimum absolute atomic E-state index is 0.0226. The molecule has 0 saturated carbocycles. The zero-order chi connectivity index (χ0) is 18.9. The number of anilines is 1. The van der Waals surface area contributed by atoms with Crippen LogP contribution >= 0.6 is 0 Å². The number of carbonyl (C=O) groups excluding carboxylic acids is 1. The van der Waals surface area contributed by atoms with E-state index in [0.717, 1.165) is 18.5 Å². The molecule has 0 bridgehead atoms. The van der Waals surface area contributed by atoms with Crippen LogP contribution in [0, 0.1) is 5.21 Å². The number of methoxy groups -OCH3 is 1. The number of ether oxygens (including phenoxy) is 1. The highest BCUT2D eigenvalue weighted by molar-refractivity contribution is 6.09. The van der Waals surface area contributed by atoms with E-state index in [1.54, 1.807) is 0 Å². The van der Waals surface area contributed by atoms with Gasteiger partial charge >= 0.3 is 6.18 Å². The highest BCUT2D eigenvalue weighted by atomic mass is 19.4. The molecule has 26 heavy (non-hydrogen) atoms. The van der Waals surface area contributed by atoms with Crippen LogP contribution in [0.25, 0.3) is 10.9 Å². The van der Waals surface area contributed by atoms with E-state index < -0.39 is 17.8 Å². The van der Waals surface area contributed by atoms with Crippen LogP contribution in [0.4, 0.5) is 18.9 Å². The number of rotatable bonds is 3. The van der Waals surface area contributed by atoms with Gasteiger partial charge in [-0.2, -0.15) is 17.9 Å². The van der Waals surface area contributed by atoms with Gasteiger partial charge in [0.25, 0.3) is 5.91 Å². The molecule has 2 heterocycles. The van der Waals surface area contributed by atoms with Gasteiger partial charge in [-0.1, -0.05) is 0 Å². The average molecular weight is 363 g/mol. The number of nitrogens with one attached hydrogen (secondary N) is 1. The molecule has 0 fully saturated rings. The Morgan fingerprint density at radius 3 is 2.46 bits per heavy atom. The van der Waals surface area contributed by atoms with Crippen LogP contribution in [0.3, 0.4) is 0 Å². The molecule has 2 aromatic heterocycles. The molecule has 3 rings (SSSR count). The number of aromatic nitrogens is 2. The Morgan fingerprint density at radius 2 is 1.85 bits per heavy atom. The van der Waals surface area contributed by atoms with Crippen LogP contribution in [-0.2, 0) is 6.18 Å². The molecular formula is C17H12F3N3O3. The van der Waals surface area contributed by atoms with Crippen LogP contribution in [0.1, 0.15) is 16.1 Å². The summed E-state index contributed by atoms with van der Waals surface area (Å²) in [6.07, 6.45) is -2.27. The van der Waals surface area contributed by atoms with Crippen molar-refractivity contribution in [3.05, 3.63) is 65.3 Å². The second-order valence-corrected chi connectivity index (χ2v) is 5.31. The lowest BCUT2D eigenvalue weighted by atomic mass is 10.1. The molecular weight excluding hydrogens is 351 g/mol. The zero-order valence-corrected chi connectivity index (χ0v) is 13.4. The van der Waals surface area contributed by atoms with E-state index in [1.165, 1.54) is 37.4 Å². The molecule has 0 radical (unpaired) electrons. The summed E-state index contributed by atoms with van der Waals surface area (Å²) in [4.78, 5) is 15.9. The third kappa shape index (κ3) is 3.37. The Morgan fingerprint density at radius 1 is 1.15 bits per heavy atom. The summed E-state index contributed by atoms with van der Waals surface area (Å²) in [7, 11) is 1.32. The van der Waals surface area contributed by atoms with Gasteiger partial charge < -0.3 is 15.3 Å². The van der Waals surface area contributed by atoms with E-state index in [4.69, 9.17) is 4.74 Å². The molecule has 0 atom stereocenters. The molecule has 1 aromatic carbocycles. The minimum atomic E-state index is -4.60. The molecule has 9 heteroatoms. The number of halogens is 3. The Bertz CT molecular complexity index is 973. The average Bonchev–Trinajstić information content (AvgIpc) is 2.61. The second-order valence-electron chi connectivity index (χ2n) is 5.31. The van der Waals surface area contributed by atoms with Gasteiger partial charge in [-0.05, 0) is 24.3 Å². The molecule has 0 spiro atoms. The Labute approximate surface area is 145 Å². The van der Waals surface area contributed by atoms with Crippen molar-refractivity contribution >= 4 is 22.5 Å². The number of hydrogen-bond donors (Lipinski definition) is 1. The van der Waals surface area contributed by atoms with Gasteiger partial charge in [-0.15, -0.1) is 0 Å². The van der Waals surface area contributed by atoms with Gasteiger partial charge in [0.2, 0.25) is 0 Å². The lowest BCUT2D eigenvalue weighted by molar-refractivity contribution is -0.605. The first-order valence-corrected chi connectivity index (χ1v) is 7.35. The summed E-state index contributed by atoms with van der Waals surface area (Å²) in [5.74, 6) is -0.367. The number of alkyl halides is 3. The van der Waals surface area contributed by atoms with Crippen LogP contribution in [-0.4, -0.2) is 18.0 Å². The van der Waals surface area contributed by atoms with Crippen molar-refractivity contribution in [3.8, 4) is 5.75 Å². The normalized spacial score (nSPS) is 11.4. The Hall–Kier alpha value is -3.36. The van der Waals surface area contributed by atoms with Gasteiger partial charge in [0.1, 0.15) is 17.0 Å². The monoisotopic (exact) mass is 363 g/mol. The third-order valence-corrected chi connectivity index (χ3v) is 3.64. The van der Waals surface area contributed by atoms with Gasteiger partial charge in [-0.25, -0.2) is 4.98 Å². The van der Waals surface area contributed by atoms with Crippen LogP contribution in [0.15, 0.2) is 48.8 Å². The fourth-order valence-corrected chi connectivity index (χ4v) is 2.38. The number of amides is 1. The maximum Gasteiger partial charge on any atom is 0.433 e. The van der Waals surface area contributed by atoms with Crippen molar-refractivity contribution in [2.45, 2.75) is 6.18 Å².